The van der Waals surface area contributed by atoms with Gasteiger partial charge in [0.2, 0.25) is 5.95 Å². The molecular weight excluding hydrogens is 395 g/mol. The number of aryl methyl sites for hydroxylation is 1. The summed E-state index contributed by atoms with van der Waals surface area (Å²) in [5.41, 5.74) is 6.08. The second kappa shape index (κ2) is 8.02. The molecule has 2 unspecified atom stereocenters. The predicted octanol–water partition coefficient (Wildman–Crippen LogP) is 4.32. The van der Waals surface area contributed by atoms with Crippen LogP contribution in [0.5, 0.6) is 0 Å². The van der Waals surface area contributed by atoms with Crippen molar-refractivity contribution >= 4 is 11.8 Å². The molecule has 0 aliphatic heterocycles. The summed E-state index contributed by atoms with van der Waals surface area (Å²) in [4.78, 5) is 13.0. The van der Waals surface area contributed by atoms with E-state index in [1.165, 1.54) is 12.1 Å². The molecule has 4 N–H and O–H groups in total. The Morgan fingerprint density at radius 1 is 1.10 bits per heavy atom. The summed E-state index contributed by atoms with van der Waals surface area (Å²) in [6, 6.07) is 6.92. The normalized spacial score (nSPS) is 19.6. The number of halogens is 3. The van der Waals surface area contributed by atoms with Crippen LogP contribution in [0, 0.1) is 6.92 Å². The Balaban J connectivity index is 1.82. The lowest BCUT2D eigenvalue weighted by molar-refractivity contribution is -0.137. The smallest absolute Gasteiger partial charge is 0.327 e. The van der Waals surface area contributed by atoms with E-state index >= 15 is 0 Å². The number of aromatic amines is 1. The molecule has 4 rings (SSSR count). The minimum absolute atomic E-state index is 0.00652. The Bertz CT molecular complexity index is 1030. The highest BCUT2D eigenvalue weighted by atomic mass is 19.4. The molecule has 0 amide bonds. The molecular formula is C20H22F3N7. The van der Waals surface area contributed by atoms with Crippen LogP contribution >= 0.6 is 0 Å². The van der Waals surface area contributed by atoms with Crippen molar-refractivity contribution in [2.24, 2.45) is 5.73 Å². The minimum Gasteiger partial charge on any atom is -0.327 e. The number of nitrogens with one attached hydrogen (secondary N) is 2. The van der Waals surface area contributed by atoms with Gasteiger partial charge in [-0.2, -0.15) is 18.2 Å². The maximum Gasteiger partial charge on any atom is 0.417 e. The van der Waals surface area contributed by atoms with Crippen molar-refractivity contribution in [2.75, 3.05) is 5.32 Å². The topological polar surface area (TPSA) is 105 Å². The lowest BCUT2D eigenvalue weighted by Crippen LogP contribution is -2.32. The molecule has 1 fully saturated rings. The number of aromatic nitrogens is 5. The number of H-pyrrole nitrogens is 1. The van der Waals surface area contributed by atoms with Crippen LogP contribution in [0.1, 0.15) is 48.7 Å². The zero-order chi connectivity index (χ0) is 21.3. The van der Waals surface area contributed by atoms with E-state index in [4.69, 9.17) is 5.73 Å². The summed E-state index contributed by atoms with van der Waals surface area (Å²) < 4.78 is 40.8. The van der Waals surface area contributed by atoms with Crippen molar-refractivity contribution in [2.45, 2.75) is 50.7 Å². The standard InChI is InChI=1S/C20H22F3N7/c1-11-25-19(30-29-11)28-17-10-16(13-7-3-5-9-15(13)24)26-18(27-17)12-6-2-4-8-14(12)20(21,22)23/h2,4,6,8,10,13,15H,3,5,7,9,24H2,1H3,(H2,25,26,27,28,29,30). The molecule has 2 atom stereocenters. The highest BCUT2D eigenvalue weighted by molar-refractivity contribution is 5.64. The fourth-order valence-electron chi connectivity index (χ4n) is 3.81. The van der Waals surface area contributed by atoms with Crippen LogP contribution in [-0.2, 0) is 6.18 Å². The Morgan fingerprint density at radius 2 is 1.87 bits per heavy atom. The van der Waals surface area contributed by atoms with E-state index in [0.717, 1.165) is 31.7 Å². The summed E-state index contributed by atoms with van der Waals surface area (Å²) in [6.45, 7) is 1.75. The molecule has 0 bridgehead atoms. The van der Waals surface area contributed by atoms with Gasteiger partial charge in [0.15, 0.2) is 5.82 Å². The van der Waals surface area contributed by atoms with Gasteiger partial charge >= 0.3 is 6.18 Å². The second-order valence-electron chi connectivity index (χ2n) is 7.47. The maximum absolute atomic E-state index is 13.6. The van der Waals surface area contributed by atoms with E-state index in [9.17, 15) is 13.2 Å². The number of nitrogens with zero attached hydrogens (tertiary/aromatic N) is 4. The number of rotatable bonds is 4. The highest BCUT2D eigenvalue weighted by Crippen LogP contribution is 2.38. The average molecular weight is 417 g/mol. The zero-order valence-electron chi connectivity index (χ0n) is 16.4. The predicted molar refractivity (Wildman–Crippen MR) is 106 cm³/mol. The number of anilines is 2. The van der Waals surface area contributed by atoms with Gasteiger partial charge in [-0.15, -0.1) is 5.10 Å². The number of hydrogen-bond acceptors (Lipinski definition) is 6. The molecule has 2 heterocycles. The summed E-state index contributed by atoms with van der Waals surface area (Å²) in [5.74, 6) is 1.15. The van der Waals surface area contributed by atoms with Gasteiger partial charge in [0.25, 0.3) is 0 Å². The molecule has 2 aromatic heterocycles. The van der Waals surface area contributed by atoms with E-state index < -0.39 is 11.7 Å². The van der Waals surface area contributed by atoms with Crippen LogP contribution in [0.25, 0.3) is 11.4 Å². The van der Waals surface area contributed by atoms with Gasteiger partial charge in [-0.3, -0.25) is 5.10 Å². The fraction of sp³-hybridized carbons (Fsp3) is 0.400. The third kappa shape index (κ3) is 4.28. The van der Waals surface area contributed by atoms with E-state index in [2.05, 4.69) is 30.5 Å². The van der Waals surface area contributed by atoms with Crippen LogP contribution < -0.4 is 11.1 Å². The van der Waals surface area contributed by atoms with Crippen molar-refractivity contribution in [1.29, 1.82) is 0 Å². The van der Waals surface area contributed by atoms with E-state index in [0.29, 0.717) is 17.3 Å². The van der Waals surface area contributed by atoms with Gasteiger partial charge in [-0.25, -0.2) is 9.97 Å². The molecule has 1 saturated carbocycles. The number of benzene rings is 1. The molecule has 30 heavy (non-hydrogen) atoms. The summed E-state index contributed by atoms with van der Waals surface area (Å²) in [6.07, 6.45) is -0.802. The molecule has 0 saturated heterocycles. The average Bonchev–Trinajstić information content (AvgIpc) is 3.12. The summed E-state index contributed by atoms with van der Waals surface area (Å²) >= 11 is 0. The first-order chi connectivity index (χ1) is 14.3. The van der Waals surface area contributed by atoms with Crippen LogP contribution in [0.2, 0.25) is 0 Å². The molecule has 158 valence electrons. The molecule has 7 nitrogen and oxygen atoms in total. The number of alkyl halides is 3. The first kappa shape index (κ1) is 20.3. The third-order valence-electron chi connectivity index (χ3n) is 5.26. The SMILES string of the molecule is Cc1nc(Nc2cc(C3CCCCC3N)nc(-c3ccccc3C(F)(F)F)n2)n[nH]1. The quantitative estimate of drug-likeness (QED) is 0.584. The Hall–Kier alpha value is -3.01. The molecule has 1 aliphatic carbocycles. The van der Waals surface area contributed by atoms with Crippen LogP contribution in [0.15, 0.2) is 30.3 Å². The van der Waals surface area contributed by atoms with Gasteiger partial charge in [0, 0.05) is 23.6 Å². The highest BCUT2D eigenvalue weighted by Gasteiger charge is 2.34. The maximum atomic E-state index is 13.6. The van der Waals surface area contributed by atoms with Crippen molar-refractivity contribution in [1.82, 2.24) is 25.1 Å². The van der Waals surface area contributed by atoms with Crippen molar-refractivity contribution in [3.63, 3.8) is 0 Å². The second-order valence-corrected chi connectivity index (χ2v) is 7.47. The molecule has 1 aromatic carbocycles. The first-order valence-electron chi connectivity index (χ1n) is 9.78. The van der Waals surface area contributed by atoms with Crippen LogP contribution in [0.4, 0.5) is 24.9 Å². The van der Waals surface area contributed by atoms with Gasteiger partial charge in [-0.05, 0) is 25.8 Å². The van der Waals surface area contributed by atoms with Gasteiger partial charge < -0.3 is 11.1 Å². The van der Waals surface area contributed by atoms with Gasteiger partial charge in [-0.1, -0.05) is 31.0 Å². The summed E-state index contributed by atoms with van der Waals surface area (Å²) in [5, 5.41) is 9.69. The molecule has 1 aliphatic rings. The lowest BCUT2D eigenvalue weighted by atomic mass is 9.83. The van der Waals surface area contributed by atoms with Crippen LogP contribution in [-0.4, -0.2) is 31.2 Å². The number of nitrogens with two attached hydrogens (primary N) is 1. The minimum atomic E-state index is -4.52. The molecule has 0 spiro atoms. The molecule has 3 aromatic rings. The summed E-state index contributed by atoms with van der Waals surface area (Å²) in [7, 11) is 0. The fourth-order valence-corrected chi connectivity index (χ4v) is 3.81. The largest absolute Gasteiger partial charge is 0.417 e. The van der Waals surface area contributed by atoms with Crippen molar-refractivity contribution in [3.05, 3.63) is 47.4 Å². The van der Waals surface area contributed by atoms with E-state index in [1.54, 1.807) is 19.1 Å². The third-order valence-corrected chi connectivity index (χ3v) is 5.26. The Labute approximate surface area is 171 Å². The number of hydrogen-bond donors (Lipinski definition) is 3. The zero-order valence-corrected chi connectivity index (χ0v) is 16.4. The van der Waals surface area contributed by atoms with E-state index in [-0.39, 0.29) is 29.3 Å². The molecule has 0 radical (unpaired) electrons. The monoisotopic (exact) mass is 417 g/mol. The van der Waals surface area contributed by atoms with Crippen molar-refractivity contribution in [3.8, 4) is 11.4 Å². The Kier molecular flexibility index (Phi) is 5.42. The lowest BCUT2D eigenvalue weighted by Gasteiger charge is -2.28. The first-order valence-corrected chi connectivity index (χ1v) is 9.78. The molecule has 10 heteroatoms. The van der Waals surface area contributed by atoms with E-state index in [1.807, 2.05) is 0 Å². The van der Waals surface area contributed by atoms with Crippen molar-refractivity contribution < 1.29 is 13.2 Å². The van der Waals surface area contributed by atoms with Crippen LogP contribution in [0.3, 0.4) is 0 Å². The van der Waals surface area contributed by atoms with Gasteiger partial charge in [0.05, 0.1) is 11.3 Å². The Morgan fingerprint density at radius 3 is 2.57 bits per heavy atom. The van der Waals surface area contributed by atoms with Gasteiger partial charge in [0.1, 0.15) is 11.6 Å².